The Morgan fingerprint density at radius 1 is 1.50 bits per heavy atom. The summed E-state index contributed by atoms with van der Waals surface area (Å²) >= 11 is 3.19. The molecule has 0 heterocycles. The van der Waals surface area contributed by atoms with Gasteiger partial charge in [-0.1, -0.05) is 28.9 Å². The SMILES string of the molecule is CCNC(C)(C(=O)OCC)c1ccc(Br)cc1F. The number of halogens is 2. The highest BCUT2D eigenvalue weighted by atomic mass is 79.9. The van der Waals surface area contributed by atoms with Crippen LogP contribution in [0.2, 0.25) is 0 Å². The lowest BCUT2D eigenvalue weighted by molar-refractivity contribution is -0.151. The summed E-state index contributed by atoms with van der Waals surface area (Å²) in [6.07, 6.45) is 0. The second kappa shape index (κ2) is 6.29. The topological polar surface area (TPSA) is 38.3 Å². The number of carbonyl (C=O) groups is 1. The first-order valence-corrected chi connectivity index (χ1v) is 6.62. The van der Waals surface area contributed by atoms with Crippen molar-refractivity contribution in [3.05, 3.63) is 34.1 Å². The summed E-state index contributed by atoms with van der Waals surface area (Å²) in [6, 6.07) is 4.62. The predicted molar refractivity (Wildman–Crippen MR) is 71.8 cm³/mol. The molecule has 0 bridgehead atoms. The van der Waals surface area contributed by atoms with Crippen molar-refractivity contribution in [2.24, 2.45) is 0 Å². The second-order valence-corrected chi connectivity index (χ2v) is 4.92. The molecule has 0 aromatic heterocycles. The average molecular weight is 318 g/mol. The Bertz CT molecular complexity index is 439. The summed E-state index contributed by atoms with van der Waals surface area (Å²) in [5.74, 6) is -0.922. The van der Waals surface area contributed by atoms with Crippen LogP contribution < -0.4 is 5.32 Å². The monoisotopic (exact) mass is 317 g/mol. The largest absolute Gasteiger partial charge is 0.464 e. The first kappa shape index (κ1) is 15.1. The molecule has 0 aliphatic heterocycles. The van der Waals surface area contributed by atoms with E-state index in [0.717, 1.165) is 0 Å². The molecule has 1 aromatic rings. The van der Waals surface area contributed by atoms with E-state index in [4.69, 9.17) is 4.74 Å². The molecule has 1 atom stereocenters. The van der Waals surface area contributed by atoms with Crippen LogP contribution in [-0.4, -0.2) is 19.1 Å². The van der Waals surface area contributed by atoms with Gasteiger partial charge >= 0.3 is 5.97 Å². The molecule has 0 spiro atoms. The molecular formula is C13H17BrFNO2. The van der Waals surface area contributed by atoms with Gasteiger partial charge in [0.1, 0.15) is 11.4 Å². The highest BCUT2D eigenvalue weighted by Gasteiger charge is 2.38. The smallest absolute Gasteiger partial charge is 0.330 e. The number of nitrogens with one attached hydrogen (secondary N) is 1. The normalized spacial score (nSPS) is 14.1. The first-order chi connectivity index (χ1) is 8.45. The van der Waals surface area contributed by atoms with E-state index in [-0.39, 0.29) is 12.2 Å². The molecule has 0 radical (unpaired) electrons. The van der Waals surface area contributed by atoms with Crippen LogP contribution in [-0.2, 0) is 15.1 Å². The Labute approximate surface area is 115 Å². The van der Waals surface area contributed by atoms with E-state index in [9.17, 15) is 9.18 Å². The van der Waals surface area contributed by atoms with Crippen LogP contribution in [0.15, 0.2) is 22.7 Å². The Morgan fingerprint density at radius 2 is 2.17 bits per heavy atom. The Kier molecular flexibility index (Phi) is 5.28. The van der Waals surface area contributed by atoms with E-state index in [1.54, 1.807) is 26.0 Å². The van der Waals surface area contributed by atoms with Gasteiger partial charge < -0.3 is 4.74 Å². The summed E-state index contributed by atoms with van der Waals surface area (Å²) in [6.45, 7) is 6.00. The number of likely N-dealkylation sites (N-methyl/N-ethyl adjacent to an activating group) is 1. The highest BCUT2D eigenvalue weighted by Crippen LogP contribution is 2.27. The predicted octanol–water partition coefficient (Wildman–Crippen LogP) is 2.98. The van der Waals surface area contributed by atoms with Gasteiger partial charge in [0.15, 0.2) is 0 Å². The number of esters is 1. The molecule has 1 N–H and O–H groups in total. The number of hydrogen-bond acceptors (Lipinski definition) is 3. The number of benzene rings is 1. The minimum absolute atomic E-state index is 0.262. The molecule has 0 saturated carbocycles. The van der Waals surface area contributed by atoms with Gasteiger partial charge in [0.25, 0.3) is 0 Å². The molecule has 18 heavy (non-hydrogen) atoms. The number of rotatable bonds is 5. The van der Waals surface area contributed by atoms with Crippen LogP contribution >= 0.6 is 15.9 Å². The van der Waals surface area contributed by atoms with Crippen molar-refractivity contribution < 1.29 is 13.9 Å². The molecular weight excluding hydrogens is 301 g/mol. The standard InChI is InChI=1S/C13H17BrFNO2/c1-4-16-13(3,12(17)18-5-2)10-7-6-9(14)8-11(10)15/h6-8,16H,4-5H2,1-3H3. The van der Waals surface area contributed by atoms with Crippen LogP contribution in [0.1, 0.15) is 26.3 Å². The number of ether oxygens (including phenoxy) is 1. The van der Waals surface area contributed by atoms with Crippen molar-refractivity contribution in [1.29, 1.82) is 0 Å². The van der Waals surface area contributed by atoms with Crippen LogP contribution in [0, 0.1) is 5.82 Å². The van der Waals surface area contributed by atoms with Crippen molar-refractivity contribution in [2.45, 2.75) is 26.3 Å². The van der Waals surface area contributed by atoms with E-state index in [0.29, 0.717) is 11.0 Å². The van der Waals surface area contributed by atoms with Gasteiger partial charge in [-0.25, -0.2) is 9.18 Å². The van der Waals surface area contributed by atoms with Crippen LogP contribution in [0.5, 0.6) is 0 Å². The number of carbonyl (C=O) groups excluding carboxylic acids is 1. The summed E-state index contributed by atoms with van der Waals surface area (Å²) in [5.41, 5.74) is -0.888. The minimum Gasteiger partial charge on any atom is -0.464 e. The maximum absolute atomic E-state index is 14.0. The van der Waals surface area contributed by atoms with Gasteiger partial charge in [-0.15, -0.1) is 0 Å². The van der Waals surface area contributed by atoms with E-state index < -0.39 is 17.3 Å². The maximum Gasteiger partial charge on any atom is 0.330 e. The molecule has 1 rings (SSSR count). The molecule has 0 fully saturated rings. The van der Waals surface area contributed by atoms with Crippen LogP contribution in [0.4, 0.5) is 4.39 Å². The zero-order valence-electron chi connectivity index (χ0n) is 10.7. The third-order valence-corrected chi connectivity index (χ3v) is 3.18. The third kappa shape index (κ3) is 3.09. The minimum atomic E-state index is -1.17. The lowest BCUT2D eigenvalue weighted by Crippen LogP contribution is -2.48. The van der Waals surface area contributed by atoms with Crippen molar-refractivity contribution in [1.82, 2.24) is 5.32 Å². The van der Waals surface area contributed by atoms with Crippen molar-refractivity contribution >= 4 is 21.9 Å². The lowest BCUT2D eigenvalue weighted by atomic mass is 9.91. The zero-order chi connectivity index (χ0) is 13.8. The molecule has 0 amide bonds. The Hall–Kier alpha value is -0.940. The molecule has 100 valence electrons. The number of hydrogen-bond donors (Lipinski definition) is 1. The quantitative estimate of drug-likeness (QED) is 0.848. The van der Waals surface area contributed by atoms with E-state index in [1.165, 1.54) is 6.07 Å². The fraction of sp³-hybridized carbons (Fsp3) is 0.462. The first-order valence-electron chi connectivity index (χ1n) is 5.83. The summed E-state index contributed by atoms with van der Waals surface area (Å²) in [4.78, 5) is 12.0. The van der Waals surface area contributed by atoms with Crippen LogP contribution in [0.25, 0.3) is 0 Å². The van der Waals surface area contributed by atoms with Gasteiger partial charge in [0.05, 0.1) is 6.61 Å². The molecule has 1 unspecified atom stereocenters. The molecule has 0 saturated heterocycles. The molecule has 3 nitrogen and oxygen atoms in total. The van der Waals surface area contributed by atoms with Crippen LogP contribution in [0.3, 0.4) is 0 Å². The van der Waals surface area contributed by atoms with Crippen molar-refractivity contribution in [3.8, 4) is 0 Å². The van der Waals surface area contributed by atoms with Gasteiger partial charge in [0, 0.05) is 10.0 Å². The summed E-state index contributed by atoms with van der Waals surface area (Å²) < 4.78 is 19.6. The fourth-order valence-corrected chi connectivity index (χ4v) is 2.13. The van der Waals surface area contributed by atoms with Gasteiger partial charge in [-0.3, -0.25) is 5.32 Å². The molecule has 0 aliphatic carbocycles. The zero-order valence-corrected chi connectivity index (χ0v) is 12.3. The average Bonchev–Trinajstić information content (AvgIpc) is 2.29. The molecule has 5 heteroatoms. The van der Waals surface area contributed by atoms with Crippen molar-refractivity contribution in [2.75, 3.05) is 13.2 Å². The van der Waals surface area contributed by atoms with Crippen molar-refractivity contribution in [3.63, 3.8) is 0 Å². The Balaban J connectivity index is 3.21. The van der Waals surface area contributed by atoms with E-state index in [2.05, 4.69) is 21.2 Å². The van der Waals surface area contributed by atoms with Gasteiger partial charge in [0.2, 0.25) is 0 Å². The highest BCUT2D eigenvalue weighted by molar-refractivity contribution is 9.10. The third-order valence-electron chi connectivity index (χ3n) is 2.68. The van der Waals surface area contributed by atoms with E-state index in [1.807, 2.05) is 6.92 Å². The molecule has 0 aliphatic rings. The summed E-state index contributed by atoms with van der Waals surface area (Å²) in [7, 11) is 0. The van der Waals surface area contributed by atoms with Gasteiger partial charge in [-0.2, -0.15) is 0 Å². The fourth-order valence-electron chi connectivity index (χ4n) is 1.80. The molecule has 1 aromatic carbocycles. The summed E-state index contributed by atoms with van der Waals surface area (Å²) in [5, 5.41) is 2.99. The Morgan fingerprint density at radius 3 is 2.67 bits per heavy atom. The van der Waals surface area contributed by atoms with Gasteiger partial charge in [-0.05, 0) is 32.5 Å². The maximum atomic E-state index is 14.0. The second-order valence-electron chi connectivity index (χ2n) is 4.00. The van der Waals surface area contributed by atoms with E-state index >= 15 is 0 Å². The lowest BCUT2D eigenvalue weighted by Gasteiger charge is -2.29.